The summed E-state index contributed by atoms with van der Waals surface area (Å²) >= 11 is 0. The molecule has 4 aromatic rings. The summed E-state index contributed by atoms with van der Waals surface area (Å²) in [5.74, 6) is 0.694. The molecule has 0 aliphatic carbocycles. The lowest BCUT2D eigenvalue weighted by Gasteiger charge is -1.99. The van der Waals surface area contributed by atoms with Gasteiger partial charge in [-0.2, -0.15) is 5.10 Å². The van der Waals surface area contributed by atoms with Crippen LogP contribution in [0.15, 0.2) is 42.5 Å². The van der Waals surface area contributed by atoms with Crippen LogP contribution in [0.25, 0.3) is 33.8 Å². The van der Waals surface area contributed by atoms with Crippen LogP contribution in [0.5, 0.6) is 5.75 Å². The summed E-state index contributed by atoms with van der Waals surface area (Å²) in [5.41, 5.74) is 11.6. The number of aromatic amines is 1. The number of aromatic nitrogens is 4. The molecule has 0 fully saturated rings. The van der Waals surface area contributed by atoms with Gasteiger partial charge in [-0.25, -0.2) is 4.98 Å². The minimum absolute atomic E-state index is 0.115. The lowest BCUT2D eigenvalue weighted by Crippen LogP contribution is -1.95. The molecule has 2 aromatic carbocycles. The third-order valence-corrected chi connectivity index (χ3v) is 4.35. The topological polar surface area (TPSA) is 92.8 Å². The van der Waals surface area contributed by atoms with E-state index in [4.69, 9.17) is 5.73 Å². The molecule has 0 aliphatic rings. The molecule has 6 heteroatoms. The zero-order valence-electron chi connectivity index (χ0n) is 14.1. The minimum atomic E-state index is 0.115. The highest BCUT2D eigenvalue weighted by molar-refractivity contribution is 5.82. The van der Waals surface area contributed by atoms with Gasteiger partial charge >= 0.3 is 0 Å². The van der Waals surface area contributed by atoms with E-state index in [1.807, 2.05) is 49.4 Å². The number of H-pyrrole nitrogens is 1. The van der Waals surface area contributed by atoms with Gasteiger partial charge in [0.1, 0.15) is 11.4 Å². The molecule has 0 amide bonds. The van der Waals surface area contributed by atoms with Crippen LogP contribution in [0.2, 0.25) is 0 Å². The number of nitrogens with one attached hydrogen (secondary N) is 1. The van der Waals surface area contributed by atoms with Crippen LogP contribution in [0.3, 0.4) is 0 Å². The maximum atomic E-state index is 10.7. The summed E-state index contributed by atoms with van der Waals surface area (Å²) in [7, 11) is 1.80. The number of aromatic hydroxyl groups is 1. The number of hydrogen-bond acceptors (Lipinski definition) is 4. The van der Waals surface area contributed by atoms with Crippen LogP contribution in [0.1, 0.15) is 11.1 Å². The molecule has 2 aromatic heterocycles. The van der Waals surface area contributed by atoms with E-state index in [0.717, 1.165) is 27.7 Å². The minimum Gasteiger partial charge on any atom is -0.504 e. The van der Waals surface area contributed by atoms with Crippen LogP contribution in [0, 0.1) is 6.92 Å². The Morgan fingerprint density at radius 3 is 2.64 bits per heavy atom. The van der Waals surface area contributed by atoms with Crippen molar-refractivity contribution in [3.05, 3.63) is 53.6 Å². The van der Waals surface area contributed by atoms with Gasteiger partial charge in [-0.3, -0.25) is 4.68 Å². The van der Waals surface area contributed by atoms with Gasteiger partial charge in [0.15, 0.2) is 11.6 Å². The largest absolute Gasteiger partial charge is 0.504 e. The smallest absolute Gasteiger partial charge is 0.173 e. The Kier molecular flexibility index (Phi) is 3.54. The first-order valence-electron chi connectivity index (χ1n) is 8.09. The predicted molar refractivity (Wildman–Crippen MR) is 98.0 cm³/mol. The van der Waals surface area contributed by atoms with E-state index in [1.165, 1.54) is 0 Å². The molecule has 25 heavy (non-hydrogen) atoms. The maximum Gasteiger partial charge on any atom is 0.173 e. The van der Waals surface area contributed by atoms with Crippen LogP contribution >= 0.6 is 0 Å². The lowest BCUT2D eigenvalue weighted by molar-refractivity contribution is 0.478. The molecule has 0 atom stereocenters. The summed E-state index contributed by atoms with van der Waals surface area (Å²) in [6.07, 6.45) is 0. The van der Waals surface area contributed by atoms with Crippen molar-refractivity contribution in [3.8, 4) is 28.5 Å². The summed E-state index contributed by atoms with van der Waals surface area (Å²) in [5, 5.41) is 15.2. The number of nitrogens with two attached hydrogens (primary N) is 1. The zero-order chi connectivity index (χ0) is 17.6. The standard InChI is InChI=1S/C19H19N5O/c1-11-3-6-13(7-4-11)16-18(25)17(24(2)23-16)19-21-14-8-5-12(10-20)9-15(14)22-19/h3-9,25H,10,20H2,1-2H3,(H,21,22). The van der Waals surface area contributed by atoms with Gasteiger partial charge in [0, 0.05) is 19.2 Å². The highest BCUT2D eigenvalue weighted by Crippen LogP contribution is 2.37. The second-order valence-corrected chi connectivity index (χ2v) is 6.18. The molecule has 4 rings (SSSR count). The van der Waals surface area contributed by atoms with Crippen molar-refractivity contribution in [2.24, 2.45) is 12.8 Å². The first-order chi connectivity index (χ1) is 12.1. The number of benzene rings is 2. The third-order valence-electron chi connectivity index (χ3n) is 4.35. The number of fused-ring (bicyclic) bond motifs is 1. The Labute approximate surface area is 144 Å². The van der Waals surface area contributed by atoms with Gasteiger partial charge in [0.2, 0.25) is 0 Å². The molecule has 0 bridgehead atoms. The van der Waals surface area contributed by atoms with Crippen LogP contribution in [-0.2, 0) is 13.6 Å². The van der Waals surface area contributed by atoms with Gasteiger partial charge < -0.3 is 15.8 Å². The molecule has 0 spiro atoms. The number of nitrogens with zero attached hydrogens (tertiary/aromatic N) is 3. The molecule has 0 unspecified atom stereocenters. The molecule has 126 valence electrons. The third kappa shape index (κ3) is 2.56. The molecule has 2 heterocycles. The molecular weight excluding hydrogens is 314 g/mol. The number of rotatable bonds is 3. The van der Waals surface area contributed by atoms with Gasteiger partial charge in [-0.1, -0.05) is 35.9 Å². The first kappa shape index (κ1) is 15.4. The molecule has 0 aliphatic heterocycles. The van der Waals surface area contributed by atoms with Crippen molar-refractivity contribution in [1.29, 1.82) is 0 Å². The normalized spacial score (nSPS) is 11.3. The number of aryl methyl sites for hydroxylation is 2. The molecule has 0 radical (unpaired) electrons. The second kappa shape index (κ2) is 5.75. The van der Waals surface area contributed by atoms with E-state index < -0.39 is 0 Å². The van der Waals surface area contributed by atoms with Crippen molar-refractivity contribution >= 4 is 11.0 Å². The van der Waals surface area contributed by atoms with Crippen molar-refractivity contribution in [2.45, 2.75) is 13.5 Å². The van der Waals surface area contributed by atoms with E-state index in [2.05, 4.69) is 15.1 Å². The fourth-order valence-corrected chi connectivity index (χ4v) is 2.98. The van der Waals surface area contributed by atoms with E-state index in [0.29, 0.717) is 23.8 Å². The average Bonchev–Trinajstić information content (AvgIpc) is 3.15. The monoisotopic (exact) mass is 333 g/mol. The van der Waals surface area contributed by atoms with Crippen molar-refractivity contribution in [3.63, 3.8) is 0 Å². The number of imidazole rings is 1. The summed E-state index contributed by atoms with van der Waals surface area (Å²) in [4.78, 5) is 7.84. The molecule has 6 nitrogen and oxygen atoms in total. The predicted octanol–water partition coefficient (Wildman–Crippen LogP) is 3.10. The lowest BCUT2D eigenvalue weighted by atomic mass is 10.1. The van der Waals surface area contributed by atoms with Gasteiger partial charge in [-0.15, -0.1) is 0 Å². The Morgan fingerprint density at radius 2 is 1.92 bits per heavy atom. The molecule has 0 saturated carbocycles. The maximum absolute atomic E-state index is 10.7. The van der Waals surface area contributed by atoms with E-state index in [1.54, 1.807) is 11.7 Å². The van der Waals surface area contributed by atoms with Crippen LogP contribution in [0.4, 0.5) is 0 Å². The Morgan fingerprint density at radius 1 is 1.16 bits per heavy atom. The van der Waals surface area contributed by atoms with Crippen molar-refractivity contribution < 1.29 is 5.11 Å². The quantitative estimate of drug-likeness (QED) is 0.537. The molecule has 0 saturated heterocycles. The van der Waals surface area contributed by atoms with Gasteiger partial charge in [0.05, 0.1) is 11.0 Å². The fraction of sp³-hybridized carbons (Fsp3) is 0.158. The summed E-state index contributed by atoms with van der Waals surface area (Å²) < 4.78 is 1.64. The zero-order valence-corrected chi connectivity index (χ0v) is 14.1. The van der Waals surface area contributed by atoms with Crippen molar-refractivity contribution in [2.75, 3.05) is 0 Å². The van der Waals surface area contributed by atoms with E-state index in [-0.39, 0.29) is 5.75 Å². The van der Waals surface area contributed by atoms with Gasteiger partial charge in [-0.05, 0) is 24.6 Å². The first-order valence-corrected chi connectivity index (χ1v) is 8.09. The Balaban J connectivity index is 1.84. The highest BCUT2D eigenvalue weighted by Gasteiger charge is 2.21. The van der Waals surface area contributed by atoms with E-state index >= 15 is 0 Å². The van der Waals surface area contributed by atoms with Crippen LogP contribution < -0.4 is 5.73 Å². The Bertz CT molecular complexity index is 1060. The van der Waals surface area contributed by atoms with Gasteiger partial charge in [0.25, 0.3) is 0 Å². The summed E-state index contributed by atoms with van der Waals surface area (Å²) in [6.45, 7) is 2.50. The SMILES string of the molecule is Cc1ccc(-c2nn(C)c(-c3nc4ccc(CN)cc4[nH]3)c2O)cc1. The average molecular weight is 333 g/mol. The fourth-order valence-electron chi connectivity index (χ4n) is 2.98. The molecule has 4 N–H and O–H groups in total. The molecular formula is C19H19N5O. The summed E-state index contributed by atoms with van der Waals surface area (Å²) in [6, 6.07) is 13.7. The van der Waals surface area contributed by atoms with Crippen LogP contribution in [-0.4, -0.2) is 24.9 Å². The highest BCUT2D eigenvalue weighted by atomic mass is 16.3. The second-order valence-electron chi connectivity index (χ2n) is 6.18. The van der Waals surface area contributed by atoms with E-state index in [9.17, 15) is 5.11 Å². The number of hydrogen-bond donors (Lipinski definition) is 3. The Hall–Kier alpha value is -3.12. The van der Waals surface area contributed by atoms with Crippen molar-refractivity contribution in [1.82, 2.24) is 19.7 Å².